The van der Waals surface area contributed by atoms with Gasteiger partial charge in [0.1, 0.15) is 0 Å². The van der Waals surface area contributed by atoms with Crippen molar-refractivity contribution in [1.29, 1.82) is 0 Å². The van der Waals surface area contributed by atoms with Crippen LogP contribution in [0.2, 0.25) is 0 Å². The molecule has 0 bridgehead atoms. The fourth-order valence-electron chi connectivity index (χ4n) is 4.91. The van der Waals surface area contributed by atoms with Gasteiger partial charge in [-0.25, -0.2) is 0 Å². The van der Waals surface area contributed by atoms with Crippen LogP contribution in [0.4, 0.5) is 0 Å². The van der Waals surface area contributed by atoms with Crippen LogP contribution in [0.1, 0.15) is 66.5 Å². The molecule has 4 nitrogen and oxygen atoms in total. The Balaban J connectivity index is 0.000000486. The van der Waals surface area contributed by atoms with Crippen molar-refractivity contribution in [3.8, 4) is 33.8 Å². The second-order valence-electron chi connectivity index (χ2n) is 10.7. The van der Waals surface area contributed by atoms with Gasteiger partial charge in [0.2, 0.25) is 0 Å². The predicted molar refractivity (Wildman–Crippen MR) is 163 cm³/mol. The summed E-state index contributed by atoms with van der Waals surface area (Å²) in [7, 11) is 0. The fourth-order valence-corrected chi connectivity index (χ4v) is 4.91. The van der Waals surface area contributed by atoms with Crippen LogP contribution in [0.15, 0.2) is 54.7 Å². The smallest absolute Gasteiger partial charge is 0.0878 e. The Morgan fingerprint density at radius 2 is 1.30 bits per heavy atom. The number of hydrogen-bond donors (Lipinski definition) is 2. The van der Waals surface area contributed by atoms with Gasteiger partial charge in [0, 0.05) is 37.6 Å². The molecule has 0 amide bonds. The largest absolute Gasteiger partial charge is 0.393 e. The van der Waals surface area contributed by atoms with Crippen molar-refractivity contribution in [2.75, 3.05) is 0 Å². The van der Waals surface area contributed by atoms with E-state index in [0.29, 0.717) is 6.42 Å². The summed E-state index contributed by atoms with van der Waals surface area (Å²) in [6.45, 7) is 16.5. The van der Waals surface area contributed by atoms with Gasteiger partial charge in [-0.15, -0.1) is 34.9 Å². The van der Waals surface area contributed by atoms with Crippen molar-refractivity contribution in [3.05, 3.63) is 94.2 Å². The number of aryl methyl sites for hydroxylation is 6. The van der Waals surface area contributed by atoms with Crippen molar-refractivity contribution in [3.63, 3.8) is 0 Å². The van der Waals surface area contributed by atoms with Gasteiger partial charge < -0.3 is 15.2 Å². The zero-order valence-corrected chi connectivity index (χ0v) is 27.5. The molecule has 2 atom stereocenters. The SMILES string of the molecule is CCC(O)CC(O)CC.Cc1[c-]c(-c2ncc(-c3c(C)cccc3C)nc2-c2cc(C)cc(C)c2)cc(C)c1.[Ir]. The normalized spacial score (nSPS) is 12.2. The van der Waals surface area contributed by atoms with Gasteiger partial charge in [-0.05, 0) is 63.6 Å². The standard InChI is InChI=1S/C28H27N2.C7H16O2.Ir/c1-17-10-18(2)13-23(12-17)27-28(24-14-19(3)11-20(4)15-24)30-25(16-29-27)26-21(5)8-7-9-22(26)6;1-3-6(8)5-7(9)4-2;/h7-12,14-16H,1-6H3;6-9H,3-5H2,1-2H3;/q-1;;. The van der Waals surface area contributed by atoms with Crippen molar-refractivity contribution in [1.82, 2.24) is 9.97 Å². The molecule has 0 saturated heterocycles. The van der Waals surface area contributed by atoms with E-state index in [1.165, 1.54) is 27.8 Å². The molecular weight excluding hydrogens is 673 g/mol. The summed E-state index contributed by atoms with van der Waals surface area (Å²) >= 11 is 0. The maximum atomic E-state index is 9.00. The van der Waals surface area contributed by atoms with E-state index < -0.39 is 0 Å². The van der Waals surface area contributed by atoms with E-state index in [2.05, 4.69) is 96.1 Å². The van der Waals surface area contributed by atoms with Crippen LogP contribution >= 0.6 is 0 Å². The number of rotatable bonds is 7. The van der Waals surface area contributed by atoms with Gasteiger partial charge in [-0.3, -0.25) is 4.98 Å². The Morgan fingerprint density at radius 3 is 1.82 bits per heavy atom. The second-order valence-corrected chi connectivity index (χ2v) is 10.7. The van der Waals surface area contributed by atoms with Crippen LogP contribution < -0.4 is 0 Å². The van der Waals surface area contributed by atoms with Crippen molar-refractivity contribution >= 4 is 0 Å². The number of hydrogen-bond acceptors (Lipinski definition) is 4. The molecule has 1 heterocycles. The molecule has 4 aromatic rings. The molecule has 0 spiro atoms. The Bertz CT molecular complexity index is 1350. The molecule has 2 unspecified atom stereocenters. The molecule has 0 aliphatic heterocycles. The molecular formula is C35H43IrN2O2-. The zero-order valence-electron chi connectivity index (χ0n) is 25.1. The maximum absolute atomic E-state index is 9.00. The fraction of sp³-hybridized carbons (Fsp3) is 0.371. The van der Waals surface area contributed by atoms with Crippen LogP contribution in [0.5, 0.6) is 0 Å². The number of aliphatic hydroxyl groups excluding tert-OH is 2. The molecule has 4 rings (SSSR count). The van der Waals surface area contributed by atoms with Gasteiger partial charge in [0.25, 0.3) is 0 Å². The summed E-state index contributed by atoms with van der Waals surface area (Å²) in [5, 5.41) is 18.0. The summed E-state index contributed by atoms with van der Waals surface area (Å²) in [6.07, 6.45) is 3.25. The first-order valence-corrected chi connectivity index (χ1v) is 13.9. The minimum absolute atomic E-state index is 0. The first kappa shape index (κ1) is 33.5. The summed E-state index contributed by atoms with van der Waals surface area (Å²) in [5.41, 5.74) is 13.1. The first-order valence-electron chi connectivity index (χ1n) is 13.9. The van der Waals surface area contributed by atoms with E-state index in [0.717, 1.165) is 52.2 Å². The quantitative estimate of drug-likeness (QED) is 0.190. The molecule has 5 heteroatoms. The molecule has 2 N–H and O–H groups in total. The van der Waals surface area contributed by atoms with E-state index in [-0.39, 0.29) is 32.3 Å². The van der Waals surface area contributed by atoms with Gasteiger partial charge in [-0.2, -0.15) is 0 Å². The summed E-state index contributed by atoms with van der Waals surface area (Å²) in [6, 6.07) is 20.7. The average Bonchev–Trinajstić information content (AvgIpc) is 2.87. The van der Waals surface area contributed by atoms with E-state index in [1.807, 2.05) is 20.0 Å². The van der Waals surface area contributed by atoms with Crippen molar-refractivity contribution in [2.45, 2.75) is 86.9 Å². The molecule has 215 valence electrons. The topological polar surface area (TPSA) is 66.2 Å². The minimum atomic E-state index is -0.319. The predicted octanol–water partition coefficient (Wildman–Crippen LogP) is 8.04. The van der Waals surface area contributed by atoms with Gasteiger partial charge in [-0.1, -0.05) is 75.2 Å². The molecule has 0 fully saturated rings. The monoisotopic (exact) mass is 716 g/mol. The second kappa shape index (κ2) is 15.3. The Labute approximate surface area is 254 Å². The maximum Gasteiger partial charge on any atom is 0.0878 e. The molecule has 0 saturated carbocycles. The van der Waals surface area contributed by atoms with Gasteiger partial charge in [0.05, 0.1) is 23.6 Å². The molecule has 0 aliphatic carbocycles. The molecule has 1 aromatic heterocycles. The third-order valence-electron chi connectivity index (χ3n) is 6.89. The average molecular weight is 716 g/mol. The third kappa shape index (κ3) is 8.91. The van der Waals surface area contributed by atoms with Crippen LogP contribution in [-0.2, 0) is 20.1 Å². The molecule has 0 aliphatic rings. The third-order valence-corrected chi connectivity index (χ3v) is 6.89. The molecule has 1 radical (unpaired) electrons. The number of nitrogens with zero attached hydrogens (tertiary/aromatic N) is 2. The summed E-state index contributed by atoms with van der Waals surface area (Å²) < 4.78 is 0. The van der Waals surface area contributed by atoms with Crippen molar-refractivity contribution in [2.24, 2.45) is 0 Å². The number of aliphatic hydroxyl groups is 2. The number of aromatic nitrogens is 2. The first-order chi connectivity index (χ1) is 18.5. The van der Waals surface area contributed by atoms with E-state index >= 15 is 0 Å². The number of benzene rings is 3. The van der Waals surface area contributed by atoms with Crippen molar-refractivity contribution < 1.29 is 30.3 Å². The van der Waals surface area contributed by atoms with Crippen LogP contribution in [0, 0.1) is 47.6 Å². The van der Waals surface area contributed by atoms with E-state index in [1.54, 1.807) is 0 Å². The Hall–Kier alpha value is -2.69. The molecule has 3 aromatic carbocycles. The summed E-state index contributed by atoms with van der Waals surface area (Å²) in [5.74, 6) is 0. The zero-order chi connectivity index (χ0) is 28.7. The Kier molecular flexibility index (Phi) is 12.9. The van der Waals surface area contributed by atoms with Gasteiger partial charge >= 0.3 is 0 Å². The van der Waals surface area contributed by atoms with E-state index in [4.69, 9.17) is 20.2 Å². The van der Waals surface area contributed by atoms with Crippen LogP contribution in [0.25, 0.3) is 33.8 Å². The minimum Gasteiger partial charge on any atom is -0.393 e. The Morgan fingerprint density at radius 1 is 0.750 bits per heavy atom. The molecule has 40 heavy (non-hydrogen) atoms. The summed E-state index contributed by atoms with van der Waals surface area (Å²) in [4.78, 5) is 10.1. The van der Waals surface area contributed by atoms with Gasteiger partial charge in [0.15, 0.2) is 0 Å². The van der Waals surface area contributed by atoms with Crippen LogP contribution in [0.3, 0.4) is 0 Å². The van der Waals surface area contributed by atoms with Crippen LogP contribution in [-0.4, -0.2) is 32.4 Å². The van der Waals surface area contributed by atoms with E-state index in [9.17, 15) is 0 Å².